The summed E-state index contributed by atoms with van der Waals surface area (Å²) in [5.41, 5.74) is 3.44. The first kappa shape index (κ1) is 21.6. The highest BCUT2D eigenvalue weighted by atomic mass is 79.9. The molecule has 150 valence electrons. The number of carbonyl (C=O) groups excluding carboxylic acids is 1. The third-order valence-electron chi connectivity index (χ3n) is 4.25. The van der Waals surface area contributed by atoms with Gasteiger partial charge in [0.1, 0.15) is 24.0 Å². The molecule has 0 saturated heterocycles. The van der Waals surface area contributed by atoms with Gasteiger partial charge in [-0.25, -0.2) is 0 Å². The number of nitrogens with zero attached hydrogens (tertiary/aromatic N) is 1. The van der Waals surface area contributed by atoms with Crippen LogP contribution in [0, 0.1) is 18.3 Å². The topological polar surface area (TPSA) is 62.1 Å². The molecule has 0 aliphatic carbocycles. The van der Waals surface area contributed by atoms with Crippen LogP contribution in [-0.2, 0) is 11.4 Å². The van der Waals surface area contributed by atoms with Crippen LogP contribution in [0.3, 0.4) is 0 Å². The highest BCUT2D eigenvalue weighted by Gasteiger charge is 2.10. The van der Waals surface area contributed by atoms with Crippen molar-refractivity contribution >= 4 is 45.2 Å². The maximum Gasteiger partial charge on any atom is 0.266 e. The zero-order chi connectivity index (χ0) is 21.5. The van der Waals surface area contributed by atoms with Gasteiger partial charge in [-0.3, -0.25) is 4.79 Å². The van der Waals surface area contributed by atoms with E-state index in [1.54, 1.807) is 30.3 Å². The molecule has 4 nitrogen and oxygen atoms in total. The molecular weight excluding hydrogens is 464 g/mol. The third-order valence-corrected chi connectivity index (χ3v) is 5.12. The number of aryl methyl sites for hydroxylation is 1. The van der Waals surface area contributed by atoms with Crippen molar-refractivity contribution in [3.05, 3.63) is 98.5 Å². The van der Waals surface area contributed by atoms with Gasteiger partial charge < -0.3 is 10.1 Å². The van der Waals surface area contributed by atoms with E-state index in [-0.39, 0.29) is 5.57 Å². The van der Waals surface area contributed by atoms with Gasteiger partial charge in [0.05, 0.1) is 4.47 Å². The maximum absolute atomic E-state index is 12.4. The summed E-state index contributed by atoms with van der Waals surface area (Å²) in [6, 6.07) is 22.2. The fourth-order valence-electron chi connectivity index (χ4n) is 2.62. The summed E-state index contributed by atoms with van der Waals surface area (Å²) in [7, 11) is 0. The summed E-state index contributed by atoms with van der Waals surface area (Å²) in [5.74, 6) is 0.199. The van der Waals surface area contributed by atoms with Gasteiger partial charge in [0.15, 0.2) is 0 Å². The molecule has 0 fully saturated rings. The largest absolute Gasteiger partial charge is 0.488 e. The highest BCUT2D eigenvalue weighted by Crippen LogP contribution is 2.28. The molecule has 3 aromatic carbocycles. The summed E-state index contributed by atoms with van der Waals surface area (Å²) in [6.07, 6.45) is 1.54. The summed E-state index contributed by atoms with van der Waals surface area (Å²) in [5, 5.41) is 12.8. The van der Waals surface area contributed by atoms with Crippen LogP contribution in [0.5, 0.6) is 5.75 Å². The molecule has 30 heavy (non-hydrogen) atoms. The summed E-state index contributed by atoms with van der Waals surface area (Å²) in [4.78, 5) is 12.4. The molecule has 0 aromatic heterocycles. The number of nitrogens with one attached hydrogen (secondary N) is 1. The van der Waals surface area contributed by atoms with Crippen LogP contribution in [0.4, 0.5) is 5.69 Å². The quantitative estimate of drug-likeness (QED) is 0.321. The molecule has 0 atom stereocenters. The van der Waals surface area contributed by atoms with Crippen molar-refractivity contribution in [2.75, 3.05) is 5.32 Å². The first-order chi connectivity index (χ1) is 14.4. The molecule has 0 unspecified atom stereocenters. The fourth-order valence-corrected chi connectivity index (χ4v) is 3.25. The minimum Gasteiger partial charge on any atom is -0.488 e. The maximum atomic E-state index is 12.4. The summed E-state index contributed by atoms with van der Waals surface area (Å²) in [6.45, 7) is 2.36. The Bertz CT molecular complexity index is 1120. The molecule has 3 rings (SSSR count). The van der Waals surface area contributed by atoms with E-state index in [4.69, 9.17) is 16.3 Å². The van der Waals surface area contributed by atoms with Gasteiger partial charge in [-0.15, -0.1) is 0 Å². The van der Waals surface area contributed by atoms with Crippen LogP contribution < -0.4 is 10.1 Å². The lowest BCUT2D eigenvalue weighted by molar-refractivity contribution is -0.112. The molecule has 0 spiro atoms. The molecule has 1 amide bonds. The molecule has 6 heteroatoms. The van der Waals surface area contributed by atoms with E-state index in [1.807, 2.05) is 49.4 Å². The molecule has 0 bridgehead atoms. The molecule has 0 heterocycles. The normalized spacial score (nSPS) is 10.9. The van der Waals surface area contributed by atoms with Crippen LogP contribution in [0.25, 0.3) is 6.08 Å². The Morgan fingerprint density at radius 3 is 2.47 bits per heavy atom. The van der Waals surface area contributed by atoms with Crippen LogP contribution >= 0.6 is 27.5 Å². The van der Waals surface area contributed by atoms with Crippen LogP contribution in [-0.4, -0.2) is 5.91 Å². The second-order valence-electron chi connectivity index (χ2n) is 6.59. The number of nitriles is 1. The van der Waals surface area contributed by atoms with E-state index in [1.165, 1.54) is 6.08 Å². The number of ether oxygens (including phenoxy) is 1. The predicted octanol–water partition coefficient (Wildman–Crippen LogP) is 6.54. The Balaban J connectivity index is 1.69. The van der Waals surface area contributed by atoms with E-state index in [0.717, 1.165) is 15.6 Å². The molecular formula is C24H18BrClN2O2. The number of amides is 1. The Hall–Kier alpha value is -3.07. The molecule has 0 aliphatic heterocycles. The number of anilines is 1. The first-order valence-corrected chi connectivity index (χ1v) is 10.3. The van der Waals surface area contributed by atoms with Crippen molar-refractivity contribution in [2.45, 2.75) is 13.5 Å². The third kappa shape index (κ3) is 5.96. The van der Waals surface area contributed by atoms with Crippen molar-refractivity contribution in [2.24, 2.45) is 0 Å². The zero-order valence-electron chi connectivity index (χ0n) is 16.2. The van der Waals surface area contributed by atoms with Gasteiger partial charge in [0.25, 0.3) is 5.91 Å². The number of hydrogen-bond acceptors (Lipinski definition) is 3. The van der Waals surface area contributed by atoms with Crippen LogP contribution in [0.1, 0.15) is 16.7 Å². The van der Waals surface area contributed by atoms with Crippen molar-refractivity contribution < 1.29 is 9.53 Å². The number of rotatable bonds is 6. The number of halogens is 2. The average Bonchev–Trinajstić information content (AvgIpc) is 2.74. The molecule has 1 N–H and O–H groups in total. The molecule has 0 saturated carbocycles. The highest BCUT2D eigenvalue weighted by molar-refractivity contribution is 9.10. The van der Waals surface area contributed by atoms with Crippen molar-refractivity contribution in [1.82, 2.24) is 0 Å². The SMILES string of the molecule is Cc1ccc(NC(=O)/C(C#N)=C/c2ccc(OCc3ccc(Cl)cc3)c(Br)c2)cc1. The van der Waals surface area contributed by atoms with E-state index in [9.17, 15) is 10.1 Å². The number of carbonyl (C=O) groups is 1. The van der Waals surface area contributed by atoms with E-state index >= 15 is 0 Å². The van der Waals surface area contributed by atoms with Crippen LogP contribution in [0.15, 0.2) is 76.8 Å². The lowest BCUT2D eigenvalue weighted by atomic mass is 10.1. The lowest BCUT2D eigenvalue weighted by Gasteiger charge is -2.09. The smallest absolute Gasteiger partial charge is 0.266 e. The zero-order valence-corrected chi connectivity index (χ0v) is 18.5. The van der Waals surface area contributed by atoms with Gasteiger partial charge in [-0.05, 0) is 76.5 Å². The molecule has 0 aliphatic rings. The summed E-state index contributed by atoms with van der Waals surface area (Å²) >= 11 is 9.38. The number of hydrogen-bond donors (Lipinski definition) is 1. The van der Waals surface area contributed by atoms with Gasteiger partial charge >= 0.3 is 0 Å². The van der Waals surface area contributed by atoms with E-state index < -0.39 is 5.91 Å². The fraction of sp³-hybridized carbons (Fsp3) is 0.0833. The predicted molar refractivity (Wildman–Crippen MR) is 123 cm³/mol. The van der Waals surface area contributed by atoms with Gasteiger partial charge in [-0.1, -0.05) is 47.5 Å². The van der Waals surface area contributed by atoms with E-state index in [0.29, 0.717) is 28.6 Å². The minimum atomic E-state index is -0.458. The Morgan fingerprint density at radius 2 is 1.83 bits per heavy atom. The Kier molecular flexibility index (Phi) is 7.29. The monoisotopic (exact) mass is 480 g/mol. The molecule has 3 aromatic rings. The average molecular weight is 482 g/mol. The lowest BCUT2D eigenvalue weighted by Crippen LogP contribution is -2.13. The van der Waals surface area contributed by atoms with Gasteiger partial charge in [-0.2, -0.15) is 5.26 Å². The Morgan fingerprint density at radius 1 is 1.13 bits per heavy atom. The first-order valence-electron chi connectivity index (χ1n) is 9.11. The molecule has 0 radical (unpaired) electrons. The van der Waals surface area contributed by atoms with Crippen LogP contribution in [0.2, 0.25) is 5.02 Å². The van der Waals surface area contributed by atoms with Crippen molar-refractivity contribution in [3.63, 3.8) is 0 Å². The number of benzene rings is 3. The van der Waals surface area contributed by atoms with E-state index in [2.05, 4.69) is 21.2 Å². The second kappa shape index (κ2) is 10.1. The second-order valence-corrected chi connectivity index (χ2v) is 7.89. The standard InChI is InChI=1S/C24H18BrClN2O2/c1-16-2-9-21(10-3-16)28-24(29)19(14-27)12-18-6-11-23(22(25)13-18)30-15-17-4-7-20(26)8-5-17/h2-13H,15H2,1H3,(H,28,29)/b19-12+. The minimum absolute atomic E-state index is 0.0114. The van der Waals surface area contributed by atoms with Crippen molar-refractivity contribution in [1.29, 1.82) is 5.26 Å². The van der Waals surface area contributed by atoms with Gasteiger partial charge in [0.2, 0.25) is 0 Å². The van der Waals surface area contributed by atoms with Gasteiger partial charge in [0, 0.05) is 10.7 Å². The van der Waals surface area contributed by atoms with Crippen molar-refractivity contribution in [3.8, 4) is 11.8 Å². The summed E-state index contributed by atoms with van der Waals surface area (Å²) < 4.78 is 6.55. The Labute approximate surface area is 188 Å².